The fourth-order valence-electron chi connectivity index (χ4n) is 4.96. The molecule has 0 bridgehead atoms. The molecular weight excluding hydrogens is 508 g/mol. The van der Waals surface area contributed by atoms with Crippen molar-refractivity contribution < 1.29 is 23.9 Å². The zero-order chi connectivity index (χ0) is 28.6. The fraction of sp³-hybridized carbons (Fsp3) is 0.516. The van der Waals surface area contributed by atoms with Crippen molar-refractivity contribution in [2.45, 2.75) is 70.2 Å². The fourth-order valence-corrected chi connectivity index (χ4v) is 4.96. The van der Waals surface area contributed by atoms with Crippen molar-refractivity contribution in [3.63, 3.8) is 0 Å². The number of fused-ring (bicyclic) bond motifs is 1. The van der Waals surface area contributed by atoms with E-state index >= 15 is 0 Å². The van der Waals surface area contributed by atoms with Gasteiger partial charge in [0, 0.05) is 26.6 Å². The molecule has 0 saturated heterocycles. The summed E-state index contributed by atoms with van der Waals surface area (Å²) in [6.45, 7) is 4.64. The van der Waals surface area contributed by atoms with Gasteiger partial charge in [0.25, 0.3) is 0 Å². The molecule has 3 N–H and O–H groups in total. The predicted octanol–water partition coefficient (Wildman–Crippen LogP) is 2.47. The smallest absolute Gasteiger partial charge is 0.243 e. The molecule has 0 unspecified atom stereocenters. The van der Waals surface area contributed by atoms with E-state index in [-0.39, 0.29) is 35.8 Å². The maximum Gasteiger partial charge on any atom is 0.243 e. The number of benzene rings is 2. The number of ether oxygens (including phenoxy) is 2. The molecule has 1 aliphatic carbocycles. The number of nitrogens with one attached hydrogen (secondary N) is 3. The lowest BCUT2D eigenvalue weighted by atomic mass is 10.0. The van der Waals surface area contributed by atoms with Crippen LogP contribution in [-0.2, 0) is 27.2 Å². The highest BCUT2D eigenvalue weighted by atomic mass is 16.5. The summed E-state index contributed by atoms with van der Waals surface area (Å²) in [6, 6.07) is 13.4. The van der Waals surface area contributed by atoms with Crippen LogP contribution in [0.15, 0.2) is 48.5 Å². The largest absolute Gasteiger partial charge is 0.497 e. The molecule has 3 amide bonds. The molecule has 2 aliphatic rings. The Kier molecular flexibility index (Phi) is 10.0. The molecule has 2 aromatic rings. The normalized spacial score (nSPS) is 25.5. The van der Waals surface area contributed by atoms with Crippen LogP contribution in [0.3, 0.4) is 0 Å². The number of carbonyl (C=O) groups is 3. The summed E-state index contributed by atoms with van der Waals surface area (Å²) in [5.74, 6) is 1.01. The summed E-state index contributed by atoms with van der Waals surface area (Å²) in [5, 5.41) is 9.33. The molecule has 9 nitrogen and oxygen atoms in total. The van der Waals surface area contributed by atoms with E-state index in [9.17, 15) is 14.4 Å². The number of hydrogen-bond donors (Lipinski definition) is 3. The van der Waals surface area contributed by atoms with Crippen LogP contribution in [-0.4, -0.2) is 74.1 Å². The standard InChI is InChI=1S/C31H42N4O5/c1-20-19-33-28(24-13-14-24)31(38)35(3)21(2)29(36)34-26(18-22-11-15-25(39-4)16-12-22)30(37)32-17-7-9-23-8-5-6-10-27(23)40-20/h5-6,8,10-12,15-16,20-21,24,26,28,33H,7,9,13-14,17-19H2,1-4H3,(H,32,37)(H,34,36)/t20-,21-,26-,28+/m1/s1. The van der Waals surface area contributed by atoms with Gasteiger partial charge in [-0.25, -0.2) is 0 Å². The first-order valence-electron chi connectivity index (χ1n) is 14.2. The SMILES string of the molecule is COc1ccc(C[C@H]2NC(=O)[C@@H](C)N(C)C(=O)[C@H](C3CC3)NC[C@@H](C)Oc3ccccc3CCCNC2=O)cc1. The first-order chi connectivity index (χ1) is 19.3. The highest BCUT2D eigenvalue weighted by Gasteiger charge is 2.39. The van der Waals surface area contributed by atoms with Gasteiger partial charge in [0.05, 0.1) is 13.2 Å². The number of hydrogen-bond acceptors (Lipinski definition) is 6. The Hall–Kier alpha value is -3.59. The lowest BCUT2D eigenvalue weighted by Gasteiger charge is -2.31. The summed E-state index contributed by atoms with van der Waals surface area (Å²) in [5.41, 5.74) is 1.95. The second kappa shape index (κ2) is 13.7. The zero-order valence-corrected chi connectivity index (χ0v) is 23.9. The predicted molar refractivity (Wildman–Crippen MR) is 153 cm³/mol. The van der Waals surface area contributed by atoms with Gasteiger partial charge in [0.1, 0.15) is 29.7 Å². The second-order valence-electron chi connectivity index (χ2n) is 10.9. The van der Waals surface area contributed by atoms with Crippen LogP contribution in [0, 0.1) is 5.92 Å². The Balaban J connectivity index is 1.56. The number of methoxy groups -OCH3 is 1. The molecule has 0 spiro atoms. The van der Waals surface area contributed by atoms with Crippen LogP contribution in [0.5, 0.6) is 11.5 Å². The topological polar surface area (TPSA) is 109 Å². The molecule has 4 rings (SSSR count). The van der Waals surface area contributed by atoms with Crippen molar-refractivity contribution in [2.24, 2.45) is 5.92 Å². The van der Waals surface area contributed by atoms with Crippen molar-refractivity contribution in [1.29, 1.82) is 0 Å². The summed E-state index contributed by atoms with van der Waals surface area (Å²) < 4.78 is 11.5. The number of likely N-dealkylation sites (N-methyl/N-ethyl adjacent to an activating group) is 1. The van der Waals surface area contributed by atoms with E-state index in [2.05, 4.69) is 16.0 Å². The number of carbonyl (C=O) groups excluding carboxylic acids is 3. The van der Waals surface area contributed by atoms with Gasteiger partial charge in [0.2, 0.25) is 17.7 Å². The lowest BCUT2D eigenvalue weighted by molar-refractivity contribution is -0.141. The molecule has 0 aromatic heterocycles. The highest BCUT2D eigenvalue weighted by molar-refractivity contribution is 5.93. The first-order valence-corrected chi connectivity index (χ1v) is 14.2. The van der Waals surface area contributed by atoms with Gasteiger partial charge in [-0.2, -0.15) is 0 Å². The summed E-state index contributed by atoms with van der Waals surface area (Å²) in [7, 11) is 3.25. The molecule has 1 fully saturated rings. The lowest BCUT2D eigenvalue weighted by Crippen LogP contribution is -2.57. The van der Waals surface area contributed by atoms with Gasteiger partial charge < -0.3 is 30.3 Å². The molecule has 9 heteroatoms. The van der Waals surface area contributed by atoms with Crippen LogP contribution in [0.25, 0.3) is 0 Å². The zero-order valence-electron chi connectivity index (χ0n) is 23.9. The minimum Gasteiger partial charge on any atom is -0.497 e. The summed E-state index contributed by atoms with van der Waals surface area (Å²) >= 11 is 0. The van der Waals surface area contributed by atoms with Gasteiger partial charge in [-0.05, 0) is 74.8 Å². The number of nitrogens with zero attached hydrogens (tertiary/aromatic N) is 1. The quantitative estimate of drug-likeness (QED) is 0.540. The molecule has 40 heavy (non-hydrogen) atoms. The van der Waals surface area contributed by atoms with Gasteiger partial charge in [-0.3, -0.25) is 14.4 Å². The third-order valence-corrected chi connectivity index (χ3v) is 7.75. The van der Waals surface area contributed by atoms with E-state index < -0.39 is 12.1 Å². The van der Waals surface area contributed by atoms with Crippen molar-refractivity contribution in [2.75, 3.05) is 27.2 Å². The molecule has 1 heterocycles. The van der Waals surface area contributed by atoms with Crippen LogP contribution in [0.1, 0.15) is 44.2 Å². The van der Waals surface area contributed by atoms with E-state index in [0.717, 1.165) is 42.6 Å². The molecule has 4 atom stereocenters. The molecule has 0 radical (unpaired) electrons. The van der Waals surface area contributed by atoms with Crippen LogP contribution in [0.4, 0.5) is 0 Å². The number of rotatable bonds is 4. The number of aryl methyl sites for hydroxylation is 1. The van der Waals surface area contributed by atoms with Gasteiger partial charge >= 0.3 is 0 Å². The van der Waals surface area contributed by atoms with Crippen LogP contribution >= 0.6 is 0 Å². The van der Waals surface area contributed by atoms with Crippen LogP contribution < -0.4 is 25.4 Å². The Morgan fingerprint density at radius 3 is 2.42 bits per heavy atom. The van der Waals surface area contributed by atoms with E-state index in [4.69, 9.17) is 9.47 Å². The van der Waals surface area contributed by atoms with Crippen molar-refractivity contribution in [3.05, 3.63) is 59.7 Å². The average Bonchev–Trinajstić information content (AvgIpc) is 3.80. The number of amides is 3. The number of para-hydroxylation sites is 1. The Morgan fingerprint density at radius 1 is 1.00 bits per heavy atom. The second-order valence-corrected chi connectivity index (χ2v) is 10.9. The molecule has 1 saturated carbocycles. The van der Waals surface area contributed by atoms with Gasteiger partial charge in [-0.1, -0.05) is 30.3 Å². The highest BCUT2D eigenvalue weighted by Crippen LogP contribution is 2.33. The molecular formula is C31H42N4O5. The third-order valence-electron chi connectivity index (χ3n) is 7.75. The van der Waals surface area contributed by atoms with Crippen molar-refractivity contribution in [3.8, 4) is 11.5 Å². The van der Waals surface area contributed by atoms with E-state index in [0.29, 0.717) is 25.3 Å². The Morgan fingerprint density at radius 2 is 1.73 bits per heavy atom. The van der Waals surface area contributed by atoms with Crippen molar-refractivity contribution >= 4 is 17.7 Å². The Bertz CT molecular complexity index is 1170. The molecule has 2 aromatic carbocycles. The van der Waals surface area contributed by atoms with Gasteiger partial charge in [-0.15, -0.1) is 0 Å². The van der Waals surface area contributed by atoms with E-state index in [1.54, 1.807) is 21.1 Å². The summed E-state index contributed by atoms with van der Waals surface area (Å²) in [4.78, 5) is 41.7. The van der Waals surface area contributed by atoms with E-state index in [1.807, 2.05) is 55.5 Å². The first kappa shape index (κ1) is 29.4. The minimum atomic E-state index is -0.792. The third kappa shape index (κ3) is 7.75. The van der Waals surface area contributed by atoms with Crippen LogP contribution in [0.2, 0.25) is 0 Å². The maximum atomic E-state index is 13.5. The Labute approximate surface area is 237 Å². The van der Waals surface area contributed by atoms with E-state index in [1.165, 1.54) is 4.90 Å². The summed E-state index contributed by atoms with van der Waals surface area (Å²) in [6.07, 6.45) is 3.56. The maximum absolute atomic E-state index is 13.5. The molecule has 216 valence electrons. The van der Waals surface area contributed by atoms with Crippen molar-refractivity contribution in [1.82, 2.24) is 20.9 Å². The minimum absolute atomic E-state index is 0.130. The monoisotopic (exact) mass is 550 g/mol. The average molecular weight is 551 g/mol. The van der Waals surface area contributed by atoms with Gasteiger partial charge in [0.15, 0.2) is 0 Å². The molecule has 1 aliphatic heterocycles.